The lowest BCUT2D eigenvalue weighted by atomic mass is 9.84. The molecule has 0 bridgehead atoms. The van der Waals surface area contributed by atoms with Gasteiger partial charge in [0.05, 0.1) is 11.8 Å². The average Bonchev–Trinajstić information content (AvgIpc) is 2.43. The summed E-state index contributed by atoms with van der Waals surface area (Å²) >= 11 is 0. The minimum absolute atomic E-state index is 0.0795. The van der Waals surface area contributed by atoms with Gasteiger partial charge in [0, 0.05) is 6.04 Å². The van der Waals surface area contributed by atoms with Crippen LogP contribution in [0.15, 0.2) is 12.1 Å². The Labute approximate surface area is 122 Å². The summed E-state index contributed by atoms with van der Waals surface area (Å²) in [6.07, 6.45) is 6.81. The molecule has 1 aromatic heterocycles. The molecule has 1 aliphatic rings. The van der Waals surface area contributed by atoms with Crippen LogP contribution in [-0.2, 0) is 0 Å². The van der Waals surface area contributed by atoms with Crippen molar-refractivity contribution in [2.24, 2.45) is 5.92 Å². The van der Waals surface area contributed by atoms with Gasteiger partial charge >= 0.3 is 0 Å². The van der Waals surface area contributed by atoms with E-state index >= 15 is 0 Å². The molecule has 1 unspecified atom stereocenters. The van der Waals surface area contributed by atoms with Crippen molar-refractivity contribution in [3.05, 3.63) is 12.1 Å². The Kier molecular flexibility index (Phi) is 5.10. The number of nitrogens with two attached hydrogens (primary N) is 1. The molecule has 1 saturated carbocycles. The Morgan fingerprint density at radius 2 is 1.90 bits per heavy atom. The highest BCUT2D eigenvalue weighted by molar-refractivity contribution is 5.53. The van der Waals surface area contributed by atoms with Gasteiger partial charge in [-0.15, -0.1) is 0 Å². The van der Waals surface area contributed by atoms with Gasteiger partial charge in [0.1, 0.15) is 5.82 Å². The molecule has 4 heteroatoms. The molecule has 3 N–H and O–H groups in total. The second kappa shape index (κ2) is 6.82. The van der Waals surface area contributed by atoms with E-state index in [1.807, 2.05) is 26.0 Å². The van der Waals surface area contributed by atoms with Crippen LogP contribution in [-0.4, -0.2) is 17.1 Å². The number of nitrogens with one attached hydrogen (secondary N) is 1. The van der Waals surface area contributed by atoms with Crippen LogP contribution >= 0.6 is 0 Å². The monoisotopic (exact) mass is 277 g/mol. The van der Waals surface area contributed by atoms with Crippen molar-refractivity contribution >= 4 is 11.5 Å². The van der Waals surface area contributed by atoms with Crippen molar-refractivity contribution < 1.29 is 4.74 Å². The van der Waals surface area contributed by atoms with E-state index in [4.69, 9.17) is 10.5 Å². The molecule has 0 radical (unpaired) electrons. The van der Waals surface area contributed by atoms with Gasteiger partial charge in [0.15, 0.2) is 0 Å². The normalized spacial score (nSPS) is 18.0. The van der Waals surface area contributed by atoms with Crippen molar-refractivity contribution in [2.45, 2.75) is 65.0 Å². The fourth-order valence-electron chi connectivity index (χ4n) is 2.83. The Morgan fingerprint density at radius 1 is 1.20 bits per heavy atom. The fourth-order valence-corrected chi connectivity index (χ4v) is 2.83. The number of hydrogen-bond donors (Lipinski definition) is 2. The molecular formula is C16H27N3O. The van der Waals surface area contributed by atoms with E-state index in [1.54, 1.807) is 0 Å². The van der Waals surface area contributed by atoms with E-state index in [2.05, 4.69) is 17.2 Å². The number of hydrogen-bond acceptors (Lipinski definition) is 4. The highest BCUT2D eigenvalue weighted by Gasteiger charge is 2.20. The van der Waals surface area contributed by atoms with E-state index in [9.17, 15) is 0 Å². The summed E-state index contributed by atoms with van der Waals surface area (Å²) in [5.41, 5.74) is 6.49. The summed E-state index contributed by atoms with van der Waals surface area (Å²) in [6, 6.07) is 4.24. The molecule has 1 heterocycles. The maximum Gasteiger partial charge on any atom is 0.239 e. The first-order valence-electron chi connectivity index (χ1n) is 7.76. The van der Waals surface area contributed by atoms with Gasteiger partial charge in [-0.2, -0.15) is 4.98 Å². The van der Waals surface area contributed by atoms with Crippen LogP contribution in [0.2, 0.25) is 0 Å². The number of nitrogen functional groups attached to an aromatic ring is 1. The lowest BCUT2D eigenvalue weighted by Crippen LogP contribution is -2.28. The molecule has 1 fully saturated rings. The van der Waals surface area contributed by atoms with Crippen LogP contribution in [0.4, 0.5) is 11.5 Å². The van der Waals surface area contributed by atoms with Crippen molar-refractivity contribution in [1.82, 2.24) is 4.98 Å². The molecule has 0 spiro atoms. The van der Waals surface area contributed by atoms with Crippen LogP contribution in [0.3, 0.4) is 0 Å². The largest absolute Gasteiger partial charge is 0.473 e. The van der Waals surface area contributed by atoms with Crippen LogP contribution in [0.1, 0.15) is 52.9 Å². The fraction of sp³-hybridized carbons (Fsp3) is 0.688. The summed E-state index contributed by atoms with van der Waals surface area (Å²) in [5.74, 6) is 2.13. The Balaban J connectivity index is 2.01. The van der Waals surface area contributed by atoms with Crippen LogP contribution in [0.25, 0.3) is 0 Å². The third-order valence-electron chi connectivity index (χ3n) is 3.97. The van der Waals surface area contributed by atoms with Gasteiger partial charge in [-0.05, 0) is 51.7 Å². The maximum atomic E-state index is 5.90. The van der Waals surface area contributed by atoms with E-state index in [1.165, 1.54) is 32.1 Å². The number of anilines is 2. The molecule has 112 valence electrons. The summed E-state index contributed by atoms with van der Waals surface area (Å²) in [6.45, 7) is 6.20. The van der Waals surface area contributed by atoms with E-state index in [-0.39, 0.29) is 6.10 Å². The molecule has 4 nitrogen and oxygen atoms in total. The zero-order valence-electron chi connectivity index (χ0n) is 12.9. The van der Waals surface area contributed by atoms with E-state index < -0.39 is 0 Å². The number of pyridine rings is 1. The van der Waals surface area contributed by atoms with Gasteiger partial charge in [0.25, 0.3) is 0 Å². The second-order valence-electron chi connectivity index (χ2n) is 6.09. The topological polar surface area (TPSA) is 60.2 Å². The minimum Gasteiger partial charge on any atom is -0.473 e. The highest BCUT2D eigenvalue weighted by atomic mass is 16.5. The first-order chi connectivity index (χ1) is 9.56. The number of aromatic nitrogens is 1. The Morgan fingerprint density at radius 3 is 2.55 bits per heavy atom. The smallest absolute Gasteiger partial charge is 0.239 e. The average molecular weight is 277 g/mol. The van der Waals surface area contributed by atoms with Crippen molar-refractivity contribution in [3.63, 3.8) is 0 Å². The summed E-state index contributed by atoms with van der Waals surface area (Å²) < 4.78 is 5.64. The van der Waals surface area contributed by atoms with Gasteiger partial charge in [-0.3, -0.25) is 0 Å². The lowest BCUT2D eigenvalue weighted by molar-refractivity contribution is 0.234. The SMILES string of the molecule is CC(C)Oc1nc(NC(C)C2CCCCC2)ccc1N. The summed E-state index contributed by atoms with van der Waals surface area (Å²) in [7, 11) is 0. The Bertz CT molecular complexity index is 428. The van der Waals surface area contributed by atoms with Gasteiger partial charge in [-0.25, -0.2) is 0 Å². The lowest BCUT2D eigenvalue weighted by Gasteiger charge is -2.28. The maximum absolute atomic E-state index is 5.90. The molecule has 1 aromatic rings. The quantitative estimate of drug-likeness (QED) is 0.858. The summed E-state index contributed by atoms with van der Waals surface area (Å²) in [4.78, 5) is 4.49. The van der Waals surface area contributed by atoms with Gasteiger partial charge in [-0.1, -0.05) is 19.3 Å². The molecule has 20 heavy (non-hydrogen) atoms. The van der Waals surface area contributed by atoms with E-state index in [0.717, 1.165) is 11.7 Å². The van der Waals surface area contributed by atoms with Crippen molar-refractivity contribution in [2.75, 3.05) is 11.1 Å². The number of ether oxygens (including phenoxy) is 1. The van der Waals surface area contributed by atoms with Crippen LogP contribution in [0, 0.1) is 5.92 Å². The van der Waals surface area contributed by atoms with Crippen LogP contribution < -0.4 is 15.8 Å². The number of rotatable bonds is 5. The first kappa shape index (κ1) is 14.9. The molecule has 1 aliphatic carbocycles. The molecule has 0 amide bonds. The Hall–Kier alpha value is -1.45. The summed E-state index contributed by atoms with van der Waals surface area (Å²) in [5, 5.41) is 3.51. The third kappa shape index (κ3) is 4.02. The zero-order valence-corrected chi connectivity index (χ0v) is 12.9. The molecule has 2 rings (SSSR count). The highest BCUT2D eigenvalue weighted by Crippen LogP contribution is 2.29. The molecule has 1 atom stereocenters. The standard InChI is InChI=1S/C16H27N3O/c1-11(2)20-16-14(17)9-10-15(19-16)18-12(3)13-7-5-4-6-8-13/h9-13H,4-8,17H2,1-3H3,(H,18,19). The van der Waals surface area contributed by atoms with Crippen LogP contribution in [0.5, 0.6) is 5.88 Å². The molecule has 0 aliphatic heterocycles. The van der Waals surface area contributed by atoms with E-state index in [0.29, 0.717) is 17.6 Å². The van der Waals surface area contributed by atoms with Crippen molar-refractivity contribution in [1.29, 1.82) is 0 Å². The van der Waals surface area contributed by atoms with Crippen molar-refractivity contribution in [3.8, 4) is 5.88 Å². The molecular weight excluding hydrogens is 250 g/mol. The second-order valence-corrected chi connectivity index (χ2v) is 6.09. The predicted octanol–water partition coefficient (Wildman–Crippen LogP) is 3.83. The molecule has 0 saturated heterocycles. The third-order valence-corrected chi connectivity index (χ3v) is 3.97. The number of nitrogens with zero attached hydrogens (tertiary/aromatic N) is 1. The first-order valence-corrected chi connectivity index (χ1v) is 7.76. The van der Waals surface area contributed by atoms with Gasteiger partial charge in [0.2, 0.25) is 5.88 Å². The predicted molar refractivity (Wildman–Crippen MR) is 84.1 cm³/mol. The minimum atomic E-state index is 0.0795. The van der Waals surface area contributed by atoms with Gasteiger partial charge < -0.3 is 15.8 Å². The molecule has 0 aromatic carbocycles. The zero-order chi connectivity index (χ0) is 14.5.